The van der Waals surface area contributed by atoms with Gasteiger partial charge in [-0.15, -0.1) is 0 Å². The summed E-state index contributed by atoms with van der Waals surface area (Å²) in [5, 5.41) is 3.38. The van der Waals surface area contributed by atoms with E-state index in [0.29, 0.717) is 0 Å². The summed E-state index contributed by atoms with van der Waals surface area (Å²) in [7, 11) is 0. The molecule has 0 amide bonds. The molecule has 0 aliphatic heterocycles. The molecule has 0 saturated heterocycles. The van der Waals surface area contributed by atoms with Crippen LogP contribution in [0.15, 0.2) is 12.2 Å². The predicted molar refractivity (Wildman–Crippen MR) is 56.4 cm³/mol. The fourth-order valence-corrected chi connectivity index (χ4v) is 1.16. The third kappa shape index (κ3) is 9.70. The molecule has 72 valence electrons. The summed E-state index contributed by atoms with van der Waals surface area (Å²) < 4.78 is 0. The zero-order valence-electron chi connectivity index (χ0n) is 8.60. The highest BCUT2D eigenvalue weighted by atomic mass is 14.8. The van der Waals surface area contributed by atoms with E-state index in [1.807, 2.05) is 0 Å². The lowest BCUT2D eigenvalue weighted by molar-refractivity contribution is 0.600. The molecule has 0 aromatic rings. The van der Waals surface area contributed by atoms with Crippen LogP contribution in [-0.4, -0.2) is 13.1 Å². The molecular weight excluding hydrogens is 146 g/mol. The van der Waals surface area contributed by atoms with Crippen molar-refractivity contribution in [3.8, 4) is 0 Å². The molecule has 0 bridgehead atoms. The van der Waals surface area contributed by atoms with Gasteiger partial charge in [-0.25, -0.2) is 0 Å². The Morgan fingerprint density at radius 2 is 1.83 bits per heavy atom. The van der Waals surface area contributed by atoms with Crippen molar-refractivity contribution in [2.45, 2.75) is 46.0 Å². The lowest BCUT2D eigenvalue weighted by Gasteiger charge is -2.00. The second kappa shape index (κ2) is 10.7. The molecule has 0 spiro atoms. The largest absolute Gasteiger partial charge is 0.313 e. The summed E-state index contributed by atoms with van der Waals surface area (Å²) in [6.07, 6.45) is 11.1. The molecule has 0 aliphatic carbocycles. The van der Waals surface area contributed by atoms with Gasteiger partial charge in [-0.3, -0.25) is 0 Å². The topological polar surface area (TPSA) is 12.0 Å². The van der Waals surface area contributed by atoms with E-state index in [4.69, 9.17) is 0 Å². The normalized spacial score (nSPS) is 11.2. The Balaban J connectivity index is 2.81. The minimum atomic E-state index is 1.03. The second-order valence-electron chi connectivity index (χ2n) is 3.19. The summed E-state index contributed by atoms with van der Waals surface area (Å²) in [5.74, 6) is 0. The van der Waals surface area contributed by atoms with E-state index in [2.05, 4.69) is 31.3 Å². The third-order valence-electron chi connectivity index (χ3n) is 1.95. The zero-order valence-corrected chi connectivity index (χ0v) is 8.60. The van der Waals surface area contributed by atoms with Gasteiger partial charge in [-0.1, -0.05) is 44.8 Å². The number of unbranched alkanes of at least 4 members (excludes halogenated alkanes) is 4. The summed E-state index contributed by atoms with van der Waals surface area (Å²) in [4.78, 5) is 0. The van der Waals surface area contributed by atoms with Crippen LogP contribution in [0.25, 0.3) is 0 Å². The van der Waals surface area contributed by atoms with E-state index < -0.39 is 0 Å². The first-order valence-electron chi connectivity index (χ1n) is 5.23. The van der Waals surface area contributed by atoms with Crippen molar-refractivity contribution < 1.29 is 0 Å². The smallest absolute Gasteiger partial charge is 0.0134 e. The van der Waals surface area contributed by atoms with Crippen LogP contribution in [0.3, 0.4) is 0 Å². The molecule has 1 heteroatoms. The van der Waals surface area contributed by atoms with E-state index in [-0.39, 0.29) is 0 Å². The maximum atomic E-state index is 3.38. The number of nitrogens with one attached hydrogen (secondary N) is 1. The monoisotopic (exact) mass is 169 g/mol. The van der Waals surface area contributed by atoms with E-state index in [1.165, 1.54) is 38.6 Å². The van der Waals surface area contributed by atoms with Gasteiger partial charge in [0.1, 0.15) is 0 Å². The minimum absolute atomic E-state index is 1.03. The molecule has 12 heavy (non-hydrogen) atoms. The first-order chi connectivity index (χ1) is 5.91. The van der Waals surface area contributed by atoms with Gasteiger partial charge in [-0.2, -0.15) is 0 Å². The number of rotatable bonds is 8. The number of allylic oxidation sites excluding steroid dienone is 1. The van der Waals surface area contributed by atoms with Crippen LogP contribution in [0.5, 0.6) is 0 Å². The molecule has 0 unspecified atom stereocenters. The maximum absolute atomic E-state index is 3.38. The van der Waals surface area contributed by atoms with Gasteiger partial charge in [0.25, 0.3) is 0 Å². The lowest BCUT2D eigenvalue weighted by Crippen LogP contribution is -2.14. The molecule has 1 N–H and O–H groups in total. The highest BCUT2D eigenvalue weighted by Crippen LogP contribution is 2.00. The van der Waals surface area contributed by atoms with Crippen LogP contribution in [-0.2, 0) is 0 Å². The van der Waals surface area contributed by atoms with Crippen molar-refractivity contribution in [2.24, 2.45) is 0 Å². The Morgan fingerprint density at radius 1 is 1.08 bits per heavy atom. The van der Waals surface area contributed by atoms with Crippen LogP contribution in [0, 0.1) is 0 Å². The summed E-state index contributed by atoms with van der Waals surface area (Å²) >= 11 is 0. The molecule has 0 fully saturated rings. The van der Waals surface area contributed by atoms with E-state index >= 15 is 0 Å². The van der Waals surface area contributed by atoms with Crippen LogP contribution in [0.1, 0.15) is 46.0 Å². The Bertz CT molecular complexity index is 97.2. The maximum Gasteiger partial charge on any atom is 0.0134 e. The van der Waals surface area contributed by atoms with Crippen molar-refractivity contribution in [1.82, 2.24) is 5.32 Å². The Labute approximate surface area is 77.2 Å². The fraction of sp³-hybridized carbons (Fsp3) is 0.818. The second-order valence-corrected chi connectivity index (χ2v) is 3.19. The highest BCUT2D eigenvalue weighted by Gasteiger charge is 1.87. The molecule has 0 aromatic heterocycles. The third-order valence-corrected chi connectivity index (χ3v) is 1.95. The highest BCUT2D eigenvalue weighted by molar-refractivity contribution is 4.78. The summed E-state index contributed by atoms with van der Waals surface area (Å²) in [6.45, 7) is 6.52. The summed E-state index contributed by atoms with van der Waals surface area (Å²) in [5.41, 5.74) is 0. The lowest BCUT2D eigenvalue weighted by atomic mass is 10.1. The molecule has 1 nitrogen and oxygen atoms in total. The first kappa shape index (κ1) is 11.7. The Morgan fingerprint density at radius 3 is 2.50 bits per heavy atom. The molecule has 0 aliphatic rings. The van der Waals surface area contributed by atoms with Gasteiger partial charge in [0.05, 0.1) is 0 Å². The minimum Gasteiger partial charge on any atom is -0.313 e. The first-order valence-corrected chi connectivity index (χ1v) is 5.23. The van der Waals surface area contributed by atoms with E-state index in [9.17, 15) is 0 Å². The average molecular weight is 169 g/mol. The van der Waals surface area contributed by atoms with Gasteiger partial charge in [0.2, 0.25) is 0 Å². The standard InChI is InChI=1S/C11H23N/c1-3-5-7-8-9-11-12-10-6-4-2/h4,6,12H,3,5,7-11H2,1-2H3/b6-4+. The molecule has 0 radical (unpaired) electrons. The number of hydrogen-bond acceptors (Lipinski definition) is 1. The van der Waals surface area contributed by atoms with Crippen molar-refractivity contribution in [3.63, 3.8) is 0 Å². The summed E-state index contributed by atoms with van der Waals surface area (Å²) in [6, 6.07) is 0. The fourth-order valence-electron chi connectivity index (χ4n) is 1.16. The van der Waals surface area contributed by atoms with Gasteiger partial charge in [0, 0.05) is 6.54 Å². The van der Waals surface area contributed by atoms with Crippen molar-refractivity contribution >= 4 is 0 Å². The SMILES string of the molecule is C/C=C/CNCCCCCCC. The van der Waals surface area contributed by atoms with Gasteiger partial charge < -0.3 is 5.32 Å². The Hall–Kier alpha value is -0.300. The molecule has 0 saturated carbocycles. The molecule has 0 rings (SSSR count). The van der Waals surface area contributed by atoms with Gasteiger partial charge in [0.15, 0.2) is 0 Å². The number of hydrogen-bond donors (Lipinski definition) is 1. The molecule has 0 atom stereocenters. The van der Waals surface area contributed by atoms with Gasteiger partial charge >= 0.3 is 0 Å². The quantitative estimate of drug-likeness (QED) is 0.435. The van der Waals surface area contributed by atoms with Crippen LogP contribution in [0.4, 0.5) is 0 Å². The van der Waals surface area contributed by atoms with Crippen LogP contribution in [0.2, 0.25) is 0 Å². The molecule has 0 heterocycles. The van der Waals surface area contributed by atoms with Crippen molar-refractivity contribution in [2.75, 3.05) is 13.1 Å². The van der Waals surface area contributed by atoms with Crippen LogP contribution >= 0.6 is 0 Å². The van der Waals surface area contributed by atoms with E-state index in [0.717, 1.165) is 6.54 Å². The van der Waals surface area contributed by atoms with Crippen molar-refractivity contribution in [1.29, 1.82) is 0 Å². The Kier molecular flexibility index (Phi) is 10.4. The van der Waals surface area contributed by atoms with Gasteiger partial charge in [-0.05, 0) is 19.9 Å². The van der Waals surface area contributed by atoms with Crippen LogP contribution < -0.4 is 5.32 Å². The average Bonchev–Trinajstić information content (AvgIpc) is 2.10. The van der Waals surface area contributed by atoms with E-state index in [1.54, 1.807) is 0 Å². The molecule has 0 aromatic carbocycles. The molecular formula is C11H23N. The predicted octanol–water partition coefficient (Wildman–Crippen LogP) is 3.12. The van der Waals surface area contributed by atoms with Crippen molar-refractivity contribution in [3.05, 3.63) is 12.2 Å². The zero-order chi connectivity index (χ0) is 9.07.